The molecule has 1 fully saturated rings. The maximum absolute atomic E-state index is 13.1. The number of hydrogen-bond acceptors (Lipinski definition) is 8. The second kappa shape index (κ2) is 46.4. The van der Waals surface area contributed by atoms with Crippen LogP contribution in [-0.2, 0) is 14.3 Å². The molecule has 6 N–H and O–H groups in total. The lowest BCUT2D eigenvalue weighted by molar-refractivity contribution is -0.302. The molecule has 384 valence electrons. The van der Waals surface area contributed by atoms with Crippen LogP contribution in [0.2, 0.25) is 0 Å². The van der Waals surface area contributed by atoms with Crippen LogP contribution in [0.3, 0.4) is 0 Å². The fraction of sp³-hybridized carbons (Fsp3) is 0.911. The Balaban J connectivity index is 2.21. The molecule has 0 aliphatic carbocycles. The van der Waals surface area contributed by atoms with Crippen LogP contribution in [0.25, 0.3) is 0 Å². The number of unbranched alkanes of at least 4 members (excludes halogenated alkanes) is 34. The van der Waals surface area contributed by atoms with Gasteiger partial charge in [0.25, 0.3) is 0 Å². The number of aliphatic hydroxyl groups excluding tert-OH is 5. The van der Waals surface area contributed by atoms with Crippen molar-refractivity contribution in [3.05, 3.63) is 24.3 Å². The zero-order valence-electron chi connectivity index (χ0n) is 42.5. The average molecular weight is 922 g/mol. The second-order valence-corrected chi connectivity index (χ2v) is 19.7. The summed E-state index contributed by atoms with van der Waals surface area (Å²) in [6.45, 7) is 3.77. The van der Waals surface area contributed by atoms with Crippen LogP contribution >= 0.6 is 0 Å². The van der Waals surface area contributed by atoms with Crippen LogP contribution in [0.15, 0.2) is 24.3 Å². The van der Waals surface area contributed by atoms with Crippen LogP contribution in [-0.4, -0.2) is 87.5 Å². The molecule has 1 heterocycles. The maximum atomic E-state index is 13.1. The van der Waals surface area contributed by atoms with Gasteiger partial charge in [-0.15, -0.1) is 0 Å². The number of carbonyl (C=O) groups excluding carboxylic acids is 1. The molecular weight excluding hydrogens is 815 g/mol. The van der Waals surface area contributed by atoms with E-state index >= 15 is 0 Å². The predicted octanol–water partition coefficient (Wildman–Crippen LogP) is 13.4. The van der Waals surface area contributed by atoms with E-state index in [9.17, 15) is 30.3 Å². The Hall–Kier alpha value is -1.33. The molecular formula is C56H107NO8. The molecule has 1 aliphatic rings. The lowest BCUT2D eigenvalue weighted by Crippen LogP contribution is -2.60. The maximum Gasteiger partial charge on any atom is 0.220 e. The highest BCUT2D eigenvalue weighted by molar-refractivity contribution is 5.76. The van der Waals surface area contributed by atoms with Gasteiger partial charge in [0.05, 0.1) is 25.4 Å². The summed E-state index contributed by atoms with van der Waals surface area (Å²) in [6, 6.07) is -0.717. The third kappa shape index (κ3) is 36.3. The summed E-state index contributed by atoms with van der Waals surface area (Å²) in [5.41, 5.74) is 0. The Labute approximate surface area is 400 Å². The highest BCUT2D eigenvalue weighted by Crippen LogP contribution is 2.23. The van der Waals surface area contributed by atoms with E-state index in [1.807, 2.05) is 0 Å². The molecule has 1 rings (SSSR count). The minimum Gasteiger partial charge on any atom is -0.394 e. The number of amides is 1. The first-order valence-electron chi connectivity index (χ1n) is 28.0. The minimum atomic E-state index is -1.55. The fourth-order valence-electron chi connectivity index (χ4n) is 9.14. The summed E-state index contributed by atoms with van der Waals surface area (Å²) in [5.74, 6) is -0.141. The lowest BCUT2D eigenvalue weighted by atomic mass is 9.99. The van der Waals surface area contributed by atoms with Crippen LogP contribution in [0.1, 0.15) is 271 Å². The lowest BCUT2D eigenvalue weighted by Gasteiger charge is -2.40. The summed E-state index contributed by atoms with van der Waals surface area (Å²) in [5, 5.41) is 54.7. The van der Waals surface area contributed by atoms with Gasteiger partial charge in [-0.25, -0.2) is 0 Å². The van der Waals surface area contributed by atoms with Crippen LogP contribution < -0.4 is 5.32 Å². The highest BCUT2D eigenvalue weighted by Gasteiger charge is 2.44. The van der Waals surface area contributed by atoms with Gasteiger partial charge in [0.15, 0.2) is 6.29 Å². The first kappa shape index (κ1) is 61.7. The van der Waals surface area contributed by atoms with Gasteiger partial charge in [-0.1, -0.05) is 250 Å². The number of hydrogen-bond donors (Lipinski definition) is 6. The Kier molecular flexibility index (Phi) is 44.0. The van der Waals surface area contributed by atoms with E-state index in [-0.39, 0.29) is 12.5 Å². The van der Waals surface area contributed by atoms with Crippen molar-refractivity contribution in [3.63, 3.8) is 0 Å². The molecule has 9 heteroatoms. The molecule has 0 aromatic rings. The Bertz CT molecular complexity index is 1070. The molecule has 1 aliphatic heterocycles. The molecule has 9 nitrogen and oxygen atoms in total. The largest absolute Gasteiger partial charge is 0.394 e. The summed E-state index contributed by atoms with van der Waals surface area (Å²) in [4.78, 5) is 13.1. The summed E-state index contributed by atoms with van der Waals surface area (Å²) >= 11 is 0. The van der Waals surface area contributed by atoms with Crippen LogP contribution in [0.4, 0.5) is 0 Å². The molecule has 1 amide bonds. The van der Waals surface area contributed by atoms with Crippen molar-refractivity contribution in [2.24, 2.45) is 0 Å². The van der Waals surface area contributed by atoms with Gasteiger partial charge in [0.2, 0.25) is 5.91 Å². The van der Waals surface area contributed by atoms with Crippen LogP contribution in [0, 0.1) is 0 Å². The van der Waals surface area contributed by atoms with Crippen molar-refractivity contribution < 1.29 is 39.8 Å². The zero-order chi connectivity index (χ0) is 47.3. The van der Waals surface area contributed by atoms with E-state index in [0.29, 0.717) is 12.8 Å². The summed E-state index contributed by atoms with van der Waals surface area (Å²) < 4.78 is 11.3. The van der Waals surface area contributed by atoms with E-state index in [4.69, 9.17) is 9.47 Å². The van der Waals surface area contributed by atoms with E-state index in [2.05, 4.69) is 43.5 Å². The van der Waals surface area contributed by atoms with Crippen LogP contribution in [0.5, 0.6) is 0 Å². The Morgan fingerprint density at radius 3 is 1.40 bits per heavy atom. The van der Waals surface area contributed by atoms with Crippen molar-refractivity contribution in [1.82, 2.24) is 5.32 Å². The van der Waals surface area contributed by atoms with Gasteiger partial charge in [-0.2, -0.15) is 0 Å². The monoisotopic (exact) mass is 922 g/mol. The molecule has 0 radical (unpaired) electrons. The molecule has 0 spiro atoms. The first-order chi connectivity index (χ1) is 31.8. The molecule has 65 heavy (non-hydrogen) atoms. The third-order valence-electron chi connectivity index (χ3n) is 13.6. The quantitative estimate of drug-likeness (QED) is 0.0261. The predicted molar refractivity (Wildman–Crippen MR) is 272 cm³/mol. The van der Waals surface area contributed by atoms with Crippen molar-refractivity contribution in [3.8, 4) is 0 Å². The molecule has 0 aromatic heterocycles. The summed E-state index contributed by atoms with van der Waals surface area (Å²) in [6.07, 6.45) is 50.5. The van der Waals surface area contributed by atoms with Gasteiger partial charge in [-0.3, -0.25) is 4.79 Å². The molecule has 7 unspecified atom stereocenters. The zero-order valence-corrected chi connectivity index (χ0v) is 42.5. The smallest absolute Gasteiger partial charge is 0.220 e. The number of nitrogens with one attached hydrogen (secondary N) is 1. The van der Waals surface area contributed by atoms with Gasteiger partial charge in [0, 0.05) is 6.42 Å². The fourth-order valence-corrected chi connectivity index (χ4v) is 9.14. The first-order valence-corrected chi connectivity index (χ1v) is 28.0. The van der Waals surface area contributed by atoms with Crippen molar-refractivity contribution >= 4 is 5.91 Å². The normalized spacial score (nSPS) is 20.0. The number of ether oxygens (including phenoxy) is 2. The standard InChI is InChI=1S/C56H107NO8/c1-3-5-7-9-11-13-15-17-19-21-23-25-27-29-31-33-35-37-39-41-43-45-50(59)49(48-64-56-55(63)54(62)53(61)51(47-58)65-56)57-52(60)46-44-42-40-38-36-34-32-30-28-26-24-22-20-18-16-14-12-10-8-6-4-2/h6,8,12,14,49-51,53-56,58-59,61-63H,3-5,7,9-11,13,15-48H2,1-2H3,(H,57,60)/b8-6-,14-12-. The SMILES string of the molecule is CC/C=C\C/C=C\CCCCCCCCCCCCCCCCC(=O)NC(COC1OC(CO)C(O)C(O)C1O)C(O)CCCCCCCCCCCCCCCCCCCCCCC. The average Bonchev–Trinajstić information content (AvgIpc) is 3.31. The van der Waals surface area contributed by atoms with Gasteiger partial charge in [-0.05, 0) is 38.5 Å². The van der Waals surface area contributed by atoms with Gasteiger partial charge >= 0.3 is 0 Å². The molecule has 0 aromatic carbocycles. The second-order valence-electron chi connectivity index (χ2n) is 19.7. The van der Waals surface area contributed by atoms with Gasteiger partial charge < -0.3 is 40.3 Å². The Morgan fingerprint density at radius 1 is 0.538 bits per heavy atom. The van der Waals surface area contributed by atoms with Crippen molar-refractivity contribution in [2.45, 2.75) is 314 Å². The minimum absolute atomic E-state index is 0.135. The van der Waals surface area contributed by atoms with Crippen molar-refractivity contribution in [2.75, 3.05) is 13.2 Å². The summed E-state index contributed by atoms with van der Waals surface area (Å²) in [7, 11) is 0. The van der Waals surface area contributed by atoms with E-state index in [0.717, 1.165) is 51.4 Å². The number of rotatable bonds is 48. The number of aliphatic hydroxyl groups is 5. The third-order valence-corrected chi connectivity index (χ3v) is 13.6. The topological polar surface area (TPSA) is 149 Å². The van der Waals surface area contributed by atoms with E-state index in [1.165, 1.54) is 193 Å². The van der Waals surface area contributed by atoms with Crippen molar-refractivity contribution in [1.29, 1.82) is 0 Å². The number of carbonyl (C=O) groups is 1. The number of allylic oxidation sites excluding steroid dienone is 4. The van der Waals surface area contributed by atoms with E-state index in [1.54, 1.807) is 0 Å². The molecule has 7 atom stereocenters. The molecule has 0 saturated carbocycles. The Morgan fingerprint density at radius 2 is 0.954 bits per heavy atom. The molecule has 0 bridgehead atoms. The molecule has 1 saturated heterocycles. The van der Waals surface area contributed by atoms with E-state index < -0.39 is 49.5 Å². The van der Waals surface area contributed by atoms with Gasteiger partial charge in [0.1, 0.15) is 24.4 Å². The highest BCUT2D eigenvalue weighted by atomic mass is 16.7.